The van der Waals surface area contributed by atoms with Crippen LogP contribution in [-0.2, 0) is 14.2 Å². The molecule has 0 saturated carbocycles. The first-order valence-electron chi connectivity index (χ1n) is 6.12. The van der Waals surface area contributed by atoms with Gasteiger partial charge in [0, 0.05) is 13.7 Å². The Bertz CT molecular complexity index is 111. The van der Waals surface area contributed by atoms with Gasteiger partial charge in [0.1, 0.15) is 0 Å². The van der Waals surface area contributed by atoms with Crippen molar-refractivity contribution in [1.82, 2.24) is 0 Å². The van der Waals surface area contributed by atoms with E-state index in [0.717, 1.165) is 19.4 Å². The van der Waals surface area contributed by atoms with Gasteiger partial charge in [-0.3, -0.25) is 0 Å². The van der Waals surface area contributed by atoms with E-state index in [1.54, 1.807) is 14.0 Å². The highest BCUT2D eigenvalue weighted by atomic mass is 16.5. The smallest absolute Gasteiger partial charge is 0.0745 e. The number of hydrogen-bond donors (Lipinski definition) is 2. The minimum Gasteiger partial charge on any atom is -0.394 e. The maximum atomic E-state index is 8.43. The van der Waals surface area contributed by atoms with Gasteiger partial charge in [-0.15, -0.1) is 0 Å². The minimum absolute atomic E-state index is 0.0922. The van der Waals surface area contributed by atoms with Crippen LogP contribution in [0.15, 0.2) is 0 Å². The van der Waals surface area contributed by atoms with Crippen LogP contribution in [0.5, 0.6) is 0 Å². The van der Waals surface area contributed by atoms with Crippen LogP contribution in [0.1, 0.15) is 26.7 Å². The van der Waals surface area contributed by atoms with Crippen LogP contribution in [0.2, 0.25) is 0 Å². The minimum atomic E-state index is -0.324. The zero-order chi connectivity index (χ0) is 13.4. The fraction of sp³-hybridized carbons (Fsp3) is 1.00. The maximum Gasteiger partial charge on any atom is 0.0745 e. The molecule has 0 bridgehead atoms. The number of aliphatic hydroxyl groups is 2. The molecular weight excluding hydrogens is 224 g/mol. The Balaban J connectivity index is 0. The summed E-state index contributed by atoms with van der Waals surface area (Å²) in [6.07, 6.45) is 1.95. The van der Waals surface area contributed by atoms with E-state index in [-0.39, 0.29) is 12.7 Å². The number of ether oxygens (including phenoxy) is 3. The summed E-state index contributed by atoms with van der Waals surface area (Å²) < 4.78 is 14.8. The molecule has 2 N–H and O–H groups in total. The monoisotopic (exact) mass is 252 g/mol. The fourth-order valence-electron chi connectivity index (χ4n) is 0.874. The van der Waals surface area contributed by atoms with Crippen molar-refractivity contribution in [2.24, 2.45) is 0 Å². The van der Waals surface area contributed by atoms with Gasteiger partial charge in [-0.05, 0) is 13.3 Å². The van der Waals surface area contributed by atoms with E-state index in [2.05, 4.69) is 11.7 Å². The third kappa shape index (κ3) is 25.8. The van der Waals surface area contributed by atoms with Gasteiger partial charge in [0.2, 0.25) is 0 Å². The highest BCUT2D eigenvalue weighted by Gasteiger charge is 1.88. The largest absolute Gasteiger partial charge is 0.394 e. The highest BCUT2D eigenvalue weighted by molar-refractivity contribution is 4.37. The molecule has 0 aliphatic rings. The molecule has 106 valence electrons. The molecule has 0 rings (SSSR count). The molecule has 0 fully saturated rings. The number of rotatable bonds is 10. The van der Waals surface area contributed by atoms with Gasteiger partial charge in [-0.25, -0.2) is 0 Å². The molecule has 5 nitrogen and oxygen atoms in total. The molecule has 0 aliphatic carbocycles. The van der Waals surface area contributed by atoms with Crippen LogP contribution in [0.3, 0.4) is 0 Å². The number of aliphatic hydroxyl groups excluding tert-OH is 2. The molecule has 0 radical (unpaired) electrons. The topological polar surface area (TPSA) is 68.2 Å². The molecular formula is C12H28O5. The molecule has 0 saturated heterocycles. The van der Waals surface area contributed by atoms with E-state index in [4.69, 9.17) is 19.7 Å². The molecule has 1 atom stereocenters. The maximum absolute atomic E-state index is 8.43. The predicted octanol–water partition coefficient (Wildman–Crippen LogP) is 0.826. The third-order valence-corrected chi connectivity index (χ3v) is 1.66. The summed E-state index contributed by atoms with van der Waals surface area (Å²) in [5, 5.41) is 16.8. The second-order valence-corrected chi connectivity index (χ2v) is 3.61. The predicted molar refractivity (Wildman–Crippen MR) is 67.2 cm³/mol. The second-order valence-electron chi connectivity index (χ2n) is 3.61. The van der Waals surface area contributed by atoms with E-state index in [1.807, 2.05) is 0 Å². The van der Waals surface area contributed by atoms with Crippen LogP contribution < -0.4 is 0 Å². The van der Waals surface area contributed by atoms with Crippen molar-refractivity contribution in [3.8, 4) is 0 Å². The fourth-order valence-corrected chi connectivity index (χ4v) is 0.874. The molecule has 0 amide bonds. The van der Waals surface area contributed by atoms with Gasteiger partial charge in [0.25, 0.3) is 0 Å². The summed E-state index contributed by atoms with van der Waals surface area (Å²) in [7, 11) is 1.56. The standard InChI is InChI=1S/C8H18O3.C4H10O2/c1-2-3-5-10-7-8-11-6-4-9;1-4(5)3-6-2/h9H,2-8H2,1H3;4-5H,3H2,1-2H3. The number of unbranched alkanes of at least 4 members (excludes halogenated alkanes) is 1. The van der Waals surface area contributed by atoms with E-state index in [1.165, 1.54) is 0 Å². The van der Waals surface area contributed by atoms with E-state index < -0.39 is 0 Å². The van der Waals surface area contributed by atoms with Gasteiger partial charge in [-0.2, -0.15) is 0 Å². The summed E-state index contributed by atoms with van der Waals surface area (Å²) in [4.78, 5) is 0. The van der Waals surface area contributed by atoms with Crippen LogP contribution in [-0.4, -0.2) is 63.1 Å². The average Bonchev–Trinajstić information content (AvgIpc) is 2.29. The van der Waals surface area contributed by atoms with E-state index in [9.17, 15) is 0 Å². The van der Waals surface area contributed by atoms with Crippen LogP contribution in [0.4, 0.5) is 0 Å². The van der Waals surface area contributed by atoms with Crippen molar-refractivity contribution in [2.45, 2.75) is 32.8 Å². The summed E-state index contributed by atoms with van der Waals surface area (Å²) in [6, 6.07) is 0. The molecule has 0 aliphatic heterocycles. The van der Waals surface area contributed by atoms with Gasteiger partial charge in [-0.1, -0.05) is 13.3 Å². The second kappa shape index (κ2) is 18.2. The quantitative estimate of drug-likeness (QED) is 0.564. The van der Waals surface area contributed by atoms with E-state index in [0.29, 0.717) is 26.4 Å². The lowest BCUT2D eigenvalue weighted by molar-refractivity contribution is 0.0324. The third-order valence-electron chi connectivity index (χ3n) is 1.66. The van der Waals surface area contributed by atoms with Crippen molar-refractivity contribution < 1.29 is 24.4 Å². The van der Waals surface area contributed by atoms with Crippen molar-refractivity contribution in [3.63, 3.8) is 0 Å². The van der Waals surface area contributed by atoms with Crippen LogP contribution in [0.25, 0.3) is 0 Å². The molecule has 0 heterocycles. The van der Waals surface area contributed by atoms with Crippen molar-refractivity contribution >= 4 is 0 Å². The Hall–Kier alpha value is -0.200. The van der Waals surface area contributed by atoms with Gasteiger partial charge >= 0.3 is 0 Å². The van der Waals surface area contributed by atoms with E-state index >= 15 is 0 Å². The van der Waals surface area contributed by atoms with Crippen molar-refractivity contribution in [2.75, 3.05) is 46.8 Å². The molecule has 0 spiro atoms. The van der Waals surface area contributed by atoms with Crippen molar-refractivity contribution in [3.05, 3.63) is 0 Å². The summed E-state index contributed by atoms with van der Waals surface area (Å²) >= 11 is 0. The first-order valence-corrected chi connectivity index (χ1v) is 6.12. The molecule has 0 aromatic rings. The zero-order valence-corrected chi connectivity index (χ0v) is 11.4. The molecule has 5 heteroatoms. The zero-order valence-electron chi connectivity index (χ0n) is 11.4. The van der Waals surface area contributed by atoms with Crippen LogP contribution in [0, 0.1) is 0 Å². The van der Waals surface area contributed by atoms with Gasteiger partial charge < -0.3 is 24.4 Å². The number of methoxy groups -OCH3 is 1. The average molecular weight is 252 g/mol. The van der Waals surface area contributed by atoms with Gasteiger partial charge in [0.15, 0.2) is 0 Å². The molecule has 17 heavy (non-hydrogen) atoms. The normalized spacial score (nSPS) is 11.8. The summed E-state index contributed by atoms with van der Waals surface area (Å²) in [6.45, 7) is 6.80. The summed E-state index contributed by atoms with van der Waals surface area (Å²) in [5.41, 5.74) is 0. The van der Waals surface area contributed by atoms with Crippen molar-refractivity contribution in [1.29, 1.82) is 0 Å². The lowest BCUT2D eigenvalue weighted by atomic mass is 10.4. The molecule has 1 unspecified atom stereocenters. The Morgan fingerprint density at radius 3 is 2.00 bits per heavy atom. The molecule has 0 aromatic heterocycles. The lowest BCUT2D eigenvalue weighted by Gasteiger charge is -2.02. The lowest BCUT2D eigenvalue weighted by Crippen LogP contribution is -2.07. The highest BCUT2D eigenvalue weighted by Crippen LogP contribution is 1.87. The summed E-state index contributed by atoms with van der Waals surface area (Å²) in [5.74, 6) is 0. The Morgan fingerprint density at radius 2 is 1.65 bits per heavy atom. The van der Waals surface area contributed by atoms with Gasteiger partial charge in [0.05, 0.1) is 39.1 Å². The Morgan fingerprint density at radius 1 is 1.06 bits per heavy atom. The molecule has 0 aromatic carbocycles. The van der Waals surface area contributed by atoms with Crippen LogP contribution >= 0.6 is 0 Å². The first kappa shape index (κ1) is 19.1. The number of hydrogen-bond acceptors (Lipinski definition) is 5. The first-order chi connectivity index (χ1) is 8.18. The SMILES string of the molecule is CCCCOCCOCCO.COCC(C)O. The Labute approximate surface area is 105 Å². The Kier molecular flexibility index (Phi) is 20.5.